The normalized spacial score (nSPS) is 15.0. The van der Waals surface area contributed by atoms with Gasteiger partial charge in [-0.05, 0) is 42.0 Å². The molecule has 0 aliphatic heterocycles. The SMILES string of the molecule is O=C1CCC(c2ccc(NC(=O)OCc3ccccc3)c(Cl)c2)CC1. The number of benzene rings is 2. The molecule has 0 unspecified atom stereocenters. The molecule has 5 heteroatoms. The Bertz CT molecular complexity index is 751. The van der Waals surface area contributed by atoms with Gasteiger partial charge in [-0.2, -0.15) is 0 Å². The van der Waals surface area contributed by atoms with Gasteiger partial charge in [0.2, 0.25) is 0 Å². The van der Waals surface area contributed by atoms with Crippen LogP contribution in [0.25, 0.3) is 0 Å². The number of halogens is 1. The van der Waals surface area contributed by atoms with E-state index in [0.29, 0.717) is 35.3 Å². The fraction of sp³-hybridized carbons (Fsp3) is 0.300. The summed E-state index contributed by atoms with van der Waals surface area (Å²) in [5, 5.41) is 3.15. The molecule has 1 aliphatic rings. The van der Waals surface area contributed by atoms with Gasteiger partial charge in [-0.3, -0.25) is 10.1 Å². The van der Waals surface area contributed by atoms with Crippen LogP contribution in [0.5, 0.6) is 0 Å². The molecule has 4 nitrogen and oxygen atoms in total. The number of ketones is 1. The Hall–Kier alpha value is -2.33. The number of carbonyl (C=O) groups is 2. The molecule has 1 N–H and O–H groups in total. The highest BCUT2D eigenvalue weighted by atomic mass is 35.5. The lowest BCUT2D eigenvalue weighted by Crippen LogP contribution is -2.15. The highest BCUT2D eigenvalue weighted by Gasteiger charge is 2.21. The molecule has 0 saturated heterocycles. The average molecular weight is 358 g/mol. The standard InChI is InChI=1S/C20H20ClNO3/c21-18-12-16(15-6-9-17(23)10-7-15)8-11-19(18)22-20(24)25-13-14-4-2-1-3-5-14/h1-5,8,11-12,15H,6-7,9-10,13H2,(H,22,24). The maximum Gasteiger partial charge on any atom is 0.412 e. The van der Waals surface area contributed by atoms with Crippen LogP contribution in [0.15, 0.2) is 48.5 Å². The minimum Gasteiger partial charge on any atom is -0.444 e. The van der Waals surface area contributed by atoms with E-state index in [1.54, 1.807) is 6.07 Å². The van der Waals surface area contributed by atoms with Gasteiger partial charge in [-0.1, -0.05) is 48.0 Å². The highest BCUT2D eigenvalue weighted by Crippen LogP contribution is 2.34. The van der Waals surface area contributed by atoms with Crippen LogP contribution in [0.4, 0.5) is 10.5 Å². The van der Waals surface area contributed by atoms with Crippen LogP contribution in [-0.2, 0) is 16.1 Å². The molecule has 2 aromatic carbocycles. The molecule has 25 heavy (non-hydrogen) atoms. The first-order valence-corrected chi connectivity index (χ1v) is 8.78. The fourth-order valence-corrected chi connectivity index (χ4v) is 3.27. The second-order valence-electron chi connectivity index (χ2n) is 6.24. The number of Topliss-reactive ketones (excluding diaryl/α,β-unsaturated/α-hetero) is 1. The van der Waals surface area contributed by atoms with E-state index >= 15 is 0 Å². The van der Waals surface area contributed by atoms with E-state index in [0.717, 1.165) is 24.0 Å². The number of hydrogen-bond acceptors (Lipinski definition) is 3. The number of ether oxygens (including phenoxy) is 1. The Morgan fingerprint density at radius 3 is 2.52 bits per heavy atom. The van der Waals surface area contributed by atoms with Gasteiger partial charge in [0, 0.05) is 12.8 Å². The zero-order valence-corrected chi connectivity index (χ0v) is 14.6. The molecule has 2 aromatic rings. The predicted molar refractivity (Wildman–Crippen MR) is 97.9 cm³/mol. The minimum atomic E-state index is -0.540. The molecule has 0 heterocycles. The molecular weight excluding hydrogens is 338 g/mol. The van der Waals surface area contributed by atoms with E-state index in [4.69, 9.17) is 16.3 Å². The van der Waals surface area contributed by atoms with Crippen molar-refractivity contribution < 1.29 is 14.3 Å². The second kappa shape index (κ2) is 8.17. The number of amides is 1. The molecule has 1 aliphatic carbocycles. The third-order valence-corrected chi connectivity index (χ3v) is 4.77. The van der Waals surface area contributed by atoms with Gasteiger partial charge in [0.25, 0.3) is 0 Å². The van der Waals surface area contributed by atoms with Crippen LogP contribution < -0.4 is 5.32 Å². The van der Waals surface area contributed by atoms with Crippen molar-refractivity contribution in [1.82, 2.24) is 0 Å². The van der Waals surface area contributed by atoms with Crippen LogP contribution >= 0.6 is 11.6 Å². The first-order chi connectivity index (χ1) is 12.1. The molecule has 0 aromatic heterocycles. The number of hydrogen-bond donors (Lipinski definition) is 1. The maximum absolute atomic E-state index is 11.9. The largest absolute Gasteiger partial charge is 0.444 e. The summed E-state index contributed by atoms with van der Waals surface area (Å²) < 4.78 is 5.20. The van der Waals surface area contributed by atoms with E-state index in [2.05, 4.69) is 5.32 Å². The summed E-state index contributed by atoms with van der Waals surface area (Å²) in [6, 6.07) is 15.1. The van der Waals surface area contributed by atoms with Gasteiger partial charge in [-0.25, -0.2) is 4.79 Å². The van der Waals surface area contributed by atoms with E-state index in [1.807, 2.05) is 42.5 Å². The first-order valence-electron chi connectivity index (χ1n) is 8.40. The molecule has 130 valence electrons. The predicted octanol–water partition coefficient (Wildman–Crippen LogP) is 5.32. The molecule has 1 fully saturated rings. The Morgan fingerprint density at radius 1 is 1.12 bits per heavy atom. The average Bonchev–Trinajstić information content (AvgIpc) is 2.63. The van der Waals surface area contributed by atoms with Crippen molar-refractivity contribution in [3.05, 3.63) is 64.7 Å². The van der Waals surface area contributed by atoms with Crippen LogP contribution in [0.1, 0.15) is 42.7 Å². The van der Waals surface area contributed by atoms with Crippen molar-refractivity contribution in [2.75, 3.05) is 5.32 Å². The van der Waals surface area contributed by atoms with E-state index < -0.39 is 6.09 Å². The highest BCUT2D eigenvalue weighted by molar-refractivity contribution is 6.33. The van der Waals surface area contributed by atoms with Gasteiger partial charge in [0.1, 0.15) is 12.4 Å². The van der Waals surface area contributed by atoms with Gasteiger partial charge in [-0.15, -0.1) is 0 Å². The smallest absolute Gasteiger partial charge is 0.412 e. The van der Waals surface area contributed by atoms with Crippen molar-refractivity contribution in [1.29, 1.82) is 0 Å². The van der Waals surface area contributed by atoms with Crippen LogP contribution in [0, 0.1) is 0 Å². The summed E-state index contributed by atoms with van der Waals surface area (Å²) in [5.74, 6) is 0.691. The van der Waals surface area contributed by atoms with Gasteiger partial charge >= 0.3 is 6.09 Å². The summed E-state index contributed by atoms with van der Waals surface area (Å²) >= 11 is 6.30. The number of carbonyl (C=O) groups excluding carboxylic acids is 2. The summed E-state index contributed by atoms with van der Waals surface area (Å²) in [4.78, 5) is 23.3. The third kappa shape index (κ3) is 4.83. The Kier molecular flexibility index (Phi) is 5.71. The lowest BCUT2D eigenvalue weighted by Gasteiger charge is -2.22. The first kappa shape index (κ1) is 17.5. The van der Waals surface area contributed by atoms with Crippen molar-refractivity contribution in [3.8, 4) is 0 Å². The van der Waals surface area contributed by atoms with Gasteiger partial charge < -0.3 is 4.74 Å². The molecular formula is C20H20ClNO3. The van der Waals surface area contributed by atoms with Crippen LogP contribution in [0.2, 0.25) is 5.02 Å². The summed E-state index contributed by atoms with van der Waals surface area (Å²) in [5.41, 5.74) is 2.56. The Balaban J connectivity index is 1.57. The van der Waals surface area contributed by atoms with Crippen molar-refractivity contribution in [3.63, 3.8) is 0 Å². The molecule has 0 spiro atoms. The van der Waals surface area contributed by atoms with Crippen LogP contribution in [0.3, 0.4) is 0 Å². The molecule has 3 rings (SSSR count). The zero-order valence-electron chi connectivity index (χ0n) is 13.8. The van der Waals surface area contributed by atoms with Gasteiger partial charge in [0.05, 0.1) is 10.7 Å². The molecule has 1 amide bonds. The summed E-state index contributed by atoms with van der Waals surface area (Å²) in [6.07, 6.45) is 2.45. The quantitative estimate of drug-likeness (QED) is 0.806. The maximum atomic E-state index is 11.9. The van der Waals surface area contributed by atoms with Crippen molar-refractivity contribution >= 4 is 29.2 Å². The summed E-state index contributed by atoms with van der Waals surface area (Å²) in [6.45, 7) is 0.207. The van der Waals surface area contributed by atoms with Gasteiger partial charge in [0.15, 0.2) is 0 Å². The molecule has 1 saturated carbocycles. The zero-order chi connectivity index (χ0) is 17.6. The topological polar surface area (TPSA) is 55.4 Å². The van der Waals surface area contributed by atoms with Crippen molar-refractivity contribution in [2.24, 2.45) is 0 Å². The number of rotatable bonds is 4. The second-order valence-corrected chi connectivity index (χ2v) is 6.65. The molecule has 0 bridgehead atoms. The Labute approximate surface area is 152 Å². The van der Waals surface area contributed by atoms with Crippen molar-refractivity contribution in [2.45, 2.75) is 38.2 Å². The summed E-state index contributed by atoms with van der Waals surface area (Å²) in [7, 11) is 0. The lowest BCUT2D eigenvalue weighted by molar-refractivity contribution is -0.120. The lowest BCUT2D eigenvalue weighted by atomic mass is 9.83. The van der Waals surface area contributed by atoms with Crippen LogP contribution in [-0.4, -0.2) is 11.9 Å². The number of nitrogens with one attached hydrogen (secondary N) is 1. The number of anilines is 1. The van der Waals surface area contributed by atoms with E-state index in [1.165, 1.54) is 0 Å². The molecule has 0 radical (unpaired) electrons. The monoisotopic (exact) mass is 357 g/mol. The third-order valence-electron chi connectivity index (χ3n) is 4.46. The minimum absolute atomic E-state index is 0.207. The van der Waals surface area contributed by atoms with E-state index in [9.17, 15) is 9.59 Å². The Morgan fingerprint density at radius 2 is 1.84 bits per heavy atom. The molecule has 0 atom stereocenters. The fourth-order valence-electron chi connectivity index (χ4n) is 3.03. The van der Waals surface area contributed by atoms with E-state index in [-0.39, 0.29) is 6.61 Å².